The molecule has 1 amide bonds. The third kappa shape index (κ3) is 4.78. The molecule has 0 spiro atoms. The summed E-state index contributed by atoms with van der Waals surface area (Å²) in [6.07, 6.45) is 4.86. The van der Waals surface area contributed by atoms with Crippen molar-refractivity contribution >= 4 is 24.0 Å². The fourth-order valence-electron chi connectivity index (χ4n) is 2.83. The normalized spacial score (nSPS) is 20.7. The summed E-state index contributed by atoms with van der Waals surface area (Å²) >= 11 is 0. The second-order valence-electron chi connectivity index (χ2n) is 5.53. The molecular formula is C16H25ClN2O3. The molecule has 1 aromatic carbocycles. The number of hydrogen-bond donors (Lipinski definition) is 2. The van der Waals surface area contributed by atoms with E-state index in [0.29, 0.717) is 23.6 Å². The summed E-state index contributed by atoms with van der Waals surface area (Å²) in [5.74, 6) is 1.55. The van der Waals surface area contributed by atoms with Crippen LogP contribution < -0.4 is 20.5 Å². The molecule has 1 fully saturated rings. The van der Waals surface area contributed by atoms with Crippen LogP contribution in [0, 0.1) is 5.92 Å². The second kappa shape index (κ2) is 8.86. The van der Waals surface area contributed by atoms with E-state index in [1.54, 1.807) is 32.4 Å². The summed E-state index contributed by atoms with van der Waals surface area (Å²) in [5.41, 5.74) is 6.75. The van der Waals surface area contributed by atoms with E-state index in [9.17, 15) is 4.79 Å². The molecule has 1 aromatic rings. The van der Waals surface area contributed by atoms with E-state index in [0.717, 1.165) is 19.3 Å². The Kier molecular flexibility index (Phi) is 7.48. The van der Waals surface area contributed by atoms with E-state index in [1.807, 2.05) is 0 Å². The number of ether oxygens (including phenoxy) is 2. The minimum atomic E-state index is -0.0131. The van der Waals surface area contributed by atoms with Crippen LogP contribution in [0.15, 0.2) is 18.2 Å². The summed E-state index contributed by atoms with van der Waals surface area (Å²) in [5, 5.41) is 2.91. The van der Waals surface area contributed by atoms with Crippen molar-refractivity contribution in [3.05, 3.63) is 18.2 Å². The Bertz CT molecular complexity index is 496. The molecule has 0 radical (unpaired) electrons. The molecule has 0 heterocycles. The monoisotopic (exact) mass is 328 g/mol. The first-order chi connectivity index (χ1) is 10.1. The molecule has 2 atom stereocenters. The number of anilines is 1. The third-order valence-electron chi connectivity index (χ3n) is 4.10. The summed E-state index contributed by atoms with van der Waals surface area (Å²) in [4.78, 5) is 12.2. The Balaban J connectivity index is 0.00000242. The van der Waals surface area contributed by atoms with Gasteiger partial charge in [0.05, 0.1) is 19.9 Å². The van der Waals surface area contributed by atoms with Crippen molar-refractivity contribution in [1.29, 1.82) is 0 Å². The zero-order valence-electron chi connectivity index (χ0n) is 13.1. The number of nitrogens with two attached hydrogens (primary N) is 1. The lowest BCUT2D eigenvalue weighted by Crippen LogP contribution is -2.35. The van der Waals surface area contributed by atoms with Gasteiger partial charge >= 0.3 is 0 Å². The molecule has 0 aliphatic heterocycles. The molecule has 22 heavy (non-hydrogen) atoms. The Labute approximate surface area is 138 Å². The molecule has 5 nitrogen and oxygen atoms in total. The minimum absolute atomic E-state index is 0. The lowest BCUT2D eigenvalue weighted by atomic mass is 9.83. The topological polar surface area (TPSA) is 73.6 Å². The van der Waals surface area contributed by atoms with Crippen LogP contribution in [0.5, 0.6) is 11.5 Å². The number of carbonyl (C=O) groups is 1. The smallest absolute Gasteiger partial charge is 0.224 e. The Morgan fingerprint density at radius 2 is 2.00 bits per heavy atom. The Morgan fingerprint density at radius 3 is 2.64 bits per heavy atom. The highest BCUT2D eigenvalue weighted by Crippen LogP contribution is 2.30. The van der Waals surface area contributed by atoms with Crippen LogP contribution in [0.1, 0.15) is 32.1 Å². The van der Waals surface area contributed by atoms with E-state index in [2.05, 4.69) is 5.32 Å². The molecule has 0 bridgehead atoms. The van der Waals surface area contributed by atoms with E-state index in [-0.39, 0.29) is 30.3 Å². The highest BCUT2D eigenvalue weighted by atomic mass is 35.5. The molecule has 6 heteroatoms. The lowest BCUT2D eigenvalue weighted by molar-refractivity contribution is -0.117. The predicted molar refractivity (Wildman–Crippen MR) is 90.0 cm³/mol. The number of rotatable bonds is 5. The molecule has 0 aromatic heterocycles. The average Bonchev–Trinajstić information content (AvgIpc) is 2.50. The van der Waals surface area contributed by atoms with Crippen molar-refractivity contribution in [1.82, 2.24) is 0 Å². The van der Waals surface area contributed by atoms with Crippen molar-refractivity contribution in [3.63, 3.8) is 0 Å². The van der Waals surface area contributed by atoms with Gasteiger partial charge in [-0.1, -0.05) is 12.8 Å². The summed E-state index contributed by atoms with van der Waals surface area (Å²) in [6.45, 7) is 0. The second-order valence-corrected chi connectivity index (χ2v) is 5.53. The van der Waals surface area contributed by atoms with Crippen molar-refractivity contribution in [2.75, 3.05) is 19.5 Å². The molecule has 0 saturated heterocycles. The van der Waals surface area contributed by atoms with Crippen LogP contribution in [0.3, 0.4) is 0 Å². The summed E-state index contributed by atoms with van der Waals surface area (Å²) in [6, 6.07) is 5.48. The average molecular weight is 329 g/mol. The summed E-state index contributed by atoms with van der Waals surface area (Å²) in [7, 11) is 3.17. The number of benzene rings is 1. The third-order valence-corrected chi connectivity index (χ3v) is 4.10. The highest BCUT2D eigenvalue weighted by molar-refractivity contribution is 5.92. The zero-order chi connectivity index (χ0) is 15.2. The molecular weight excluding hydrogens is 304 g/mol. The van der Waals surface area contributed by atoms with Gasteiger partial charge in [-0.15, -0.1) is 12.4 Å². The summed E-state index contributed by atoms with van der Waals surface area (Å²) < 4.78 is 10.4. The van der Waals surface area contributed by atoms with E-state index in [1.165, 1.54) is 6.42 Å². The van der Waals surface area contributed by atoms with Gasteiger partial charge in [-0.3, -0.25) is 4.79 Å². The van der Waals surface area contributed by atoms with E-state index < -0.39 is 0 Å². The quantitative estimate of drug-likeness (QED) is 0.871. The SMILES string of the molecule is COc1ccc(NC(=O)CC2CCCCC2N)c(OC)c1.Cl. The molecule has 1 saturated carbocycles. The van der Waals surface area contributed by atoms with Crippen LogP contribution in [0.2, 0.25) is 0 Å². The number of hydrogen-bond acceptors (Lipinski definition) is 4. The molecule has 2 rings (SSSR count). The fourth-order valence-corrected chi connectivity index (χ4v) is 2.83. The molecule has 1 aliphatic carbocycles. The van der Waals surface area contributed by atoms with Crippen LogP contribution >= 0.6 is 12.4 Å². The van der Waals surface area contributed by atoms with Crippen LogP contribution in [-0.4, -0.2) is 26.2 Å². The Hall–Kier alpha value is -1.46. The van der Waals surface area contributed by atoms with Gasteiger partial charge in [0.2, 0.25) is 5.91 Å². The number of methoxy groups -OCH3 is 2. The fraction of sp³-hybridized carbons (Fsp3) is 0.562. The maximum Gasteiger partial charge on any atom is 0.224 e. The number of amides is 1. The number of nitrogens with one attached hydrogen (secondary N) is 1. The first-order valence-electron chi connectivity index (χ1n) is 7.41. The van der Waals surface area contributed by atoms with Gasteiger partial charge in [0.1, 0.15) is 11.5 Å². The van der Waals surface area contributed by atoms with Crippen LogP contribution in [-0.2, 0) is 4.79 Å². The standard InChI is InChI=1S/C16H24N2O3.ClH/c1-20-12-7-8-14(15(10-12)21-2)18-16(19)9-11-5-3-4-6-13(11)17;/h7-8,10-11,13H,3-6,9,17H2,1-2H3,(H,18,19);1H. The van der Waals surface area contributed by atoms with Crippen molar-refractivity contribution in [3.8, 4) is 11.5 Å². The van der Waals surface area contributed by atoms with Crippen LogP contribution in [0.4, 0.5) is 5.69 Å². The molecule has 3 N–H and O–H groups in total. The largest absolute Gasteiger partial charge is 0.497 e. The van der Waals surface area contributed by atoms with Gasteiger partial charge in [-0.05, 0) is 30.9 Å². The number of carbonyl (C=O) groups excluding carboxylic acids is 1. The van der Waals surface area contributed by atoms with E-state index in [4.69, 9.17) is 15.2 Å². The molecule has 2 unspecified atom stereocenters. The van der Waals surface area contributed by atoms with Gasteiger partial charge in [0, 0.05) is 18.5 Å². The zero-order valence-corrected chi connectivity index (χ0v) is 13.9. The Morgan fingerprint density at radius 1 is 1.27 bits per heavy atom. The van der Waals surface area contributed by atoms with Gasteiger partial charge in [-0.2, -0.15) is 0 Å². The van der Waals surface area contributed by atoms with E-state index >= 15 is 0 Å². The highest BCUT2D eigenvalue weighted by Gasteiger charge is 2.24. The number of halogens is 1. The van der Waals surface area contributed by atoms with Crippen molar-refractivity contribution in [2.24, 2.45) is 11.7 Å². The molecule has 124 valence electrons. The predicted octanol–water partition coefficient (Wildman–Crippen LogP) is 2.97. The van der Waals surface area contributed by atoms with Crippen molar-refractivity contribution < 1.29 is 14.3 Å². The minimum Gasteiger partial charge on any atom is -0.497 e. The maximum atomic E-state index is 12.2. The van der Waals surface area contributed by atoms with Gasteiger partial charge in [-0.25, -0.2) is 0 Å². The van der Waals surface area contributed by atoms with Crippen LogP contribution in [0.25, 0.3) is 0 Å². The van der Waals surface area contributed by atoms with Gasteiger partial charge in [0.25, 0.3) is 0 Å². The van der Waals surface area contributed by atoms with Gasteiger partial charge < -0.3 is 20.5 Å². The lowest BCUT2D eigenvalue weighted by Gasteiger charge is -2.28. The molecule has 1 aliphatic rings. The first-order valence-corrected chi connectivity index (χ1v) is 7.41. The first kappa shape index (κ1) is 18.6. The van der Waals surface area contributed by atoms with Crippen molar-refractivity contribution in [2.45, 2.75) is 38.1 Å². The maximum absolute atomic E-state index is 12.2. The van der Waals surface area contributed by atoms with Gasteiger partial charge in [0.15, 0.2) is 0 Å².